The molecular formula is C12H15BrN4O2. The van der Waals surface area contributed by atoms with E-state index >= 15 is 0 Å². The van der Waals surface area contributed by atoms with E-state index in [1.165, 1.54) is 19.0 Å². The second kappa shape index (κ2) is 5.05. The Kier molecular flexibility index (Phi) is 3.40. The molecule has 1 saturated heterocycles. The van der Waals surface area contributed by atoms with E-state index in [4.69, 9.17) is 0 Å². The first-order valence-electron chi connectivity index (χ1n) is 6.43. The van der Waals surface area contributed by atoms with Gasteiger partial charge < -0.3 is 5.32 Å². The van der Waals surface area contributed by atoms with Crippen molar-refractivity contribution in [1.82, 2.24) is 9.88 Å². The number of aromatic nitrogens is 1. The SMILES string of the molecule is O=[N+]([O-])c1cncc(Br)c1NC1CCN(C2CC2)C1. The Bertz CT molecular complexity index is 507. The second-order valence-electron chi connectivity index (χ2n) is 5.13. The molecule has 1 saturated carbocycles. The van der Waals surface area contributed by atoms with Crippen LogP contribution in [-0.4, -0.2) is 40.0 Å². The molecule has 2 heterocycles. The Morgan fingerprint density at radius 3 is 2.89 bits per heavy atom. The van der Waals surface area contributed by atoms with E-state index in [-0.39, 0.29) is 11.7 Å². The predicted octanol–water partition coefficient (Wildman–Crippen LogP) is 2.40. The Morgan fingerprint density at radius 1 is 1.42 bits per heavy atom. The summed E-state index contributed by atoms with van der Waals surface area (Å²) in [5.74, 6) is 0. The van der Waals surface area contributed by atoms with Gasteiger partial charge in [0.2, 0.25) is 0 Å². The Hall–Kier alpha value is -1.21. The molecule has 0 spiro atoms. The molecular weight excluding hydrogens is 312 g/mol. The number of halogens is 1. The number of nitro groups is 1. The molecule has 0 radical (unpaired) electrons. The minimum Gasteiger partial charge on any atom is -0.374 e. The van der Waals surface area contributed by atoms with Gasteiger partial charge in [-0.3, -0.25) is 20.0 Å². The van der Waals surface area contributed by atoms with Crippen molar-refractivity contribution < 1.29 is 4.92 Å². The molecule has 1 aromatic rings. The lowest BCUT2D eigenvalue weighted by Gasteiger charge is -2.17. The smallest absolute Gasteiger partial charge is 0.311 e. The molecule has 19 heavy (non-hydrogen) atoms. The summed E-state index contributed by atoms with van der Waals surface area (Å²) in [6.45, 7) is 2.05. The molecule has 0 bridgehead atoms. The number of hydrogen-bond acceptors (Lipinski definition) is 5. The first kappa shape index (κ1) is 12.8. The lowest BCUT2D eigenvalue weighted by atomic mass is 10.2. The molecule has 3 rings (SSSR count). The van der Waals surface area contributed by atoms with Crippen LogP contribution in [0.3, 0.4) is 0 Å². The van der Waals surface area contributed by atoms with Crippen molar-refractivity contribution in [2.75, 3.05) is 18.4 Å². The van der Waals surface area contributed by atoms with Gasteiger partial charge in [0.15, 0.2) is 0 Å². The lowest BCUT2D eigenvalue weighted by molar-refractivity contribution is -0.384. The van der Waals surface area contributed by atoms with E-state index < -0.39 is 4.92 Å². The maximum atomic E-state index is 11.0. The monoisotopic (exact) mass is 326 g/mol. The minimum absolute atomic E-state index is 0.0271. The second-order valence-corrected chi connectivity index (χ2v) is 5.98. The average Bonchev–Trinajstić information content (AvgIpc) is 3.12. The number of hydrogen-bond donors (Lipinski definition) is 1. The molecule has 1 aliphatic heterocycles. The molecule has 2 fully saturated rings. The highest BCUT2D eigenvalue weighted by Gasteiger charge is 2.35. The van der Waals surface area contributed by atoms with Crippen LogP contribution in [0.15, 0.2) is 16.9 Å². The van der Waals surface area contributed by atoms with Crippen LogP contribution < -0.4 is 5.32 Å². The fourth-order valence-electron chi connectivity index (χ4n) is 2.59. The molecule has 0 amide bonds. The Morgan fingerprint density at radius 2 is 2.21 bits per heavy atom. The summed E-state index contributed by atoms with van der Waals surface area (Å²) in [4.78, 5) is 17.0. The van der Waals surface area contributed by atoms with Gasteiger partial charge in [-0.25, -0.2) is 0 Å². The van der Waals surface area contributed by atoms with E-state index in [0.29, 0.717) is 10.2 Å². The van der Waals surface area contributed by atoms with Crippen LogP contribution in [0, 0.1) is 10.1 Å². The molecule has 102 valence electrons. The summed E-state index contributed by atoms with van der Waals surface area (Å²) in [6.07, 6.45) is 6.50. The van der Waals surface area contributed by atoms with Crippen LogP contribution in [-0.2, 0) is 0 Å². The molecule has 0 aromatic carbocycles. The first-order chi connectivity index (χ1) is 9.15. The maximum Gasteiger partial charge on any atom is 0.311 e. The standard InChI is InChI=1S/C12H15BrN4O2/c13-10-5-14-6-11(17(18)19)12(10)15-8-3-4-16(7-8)9-1-2-9/h5-6,8-9H,1-4,7H2,(H,14,15). The summed E-state index contributed by atoms with van der Waals surface area (Å²) >= 11 is 3.34. The van der Waals surface area contributed by atoms with E-state index in [2.05, 4.69) is 31.1 Å². The van der Waals surface area contributed by atoms with Crippen molar-refractivity contribution >= 4 is 27.3 Å². The zero-order valence-electron chi connectivity index (χ0n) is 10.4. The molecule has 7 heteroatoms. The number of nitrogens with one attached hydrogen (secondary N) is 1. The fourth-order valence-corrected chi connectivity index (χ4v) is 3.02. The van der Waals surface area contributed by atoms with Crippen molar-refractivity contribution in [2.24, 2.45) is 0 Å². The Balaban J connectivity index is 1.74. The van der Waals surface area contributed by atoms with Crippen LogP contribution in [0.25, 0.3) is 0 Å². The van der Waals surface area contributed by atoms with Crippen LogP contribution in [0.4, 0.5) is 11.4 Å². The number of rotatable bonds is 4. The van der Waals surface area contributed by atoms with E-state index in [0.717, 1.165) is 25.6 Å². The van der Waals surface area contributed by atoms with Gasteiger partial charge in [-0.05, 0) is 35.2 Å². The van der Waals surface area contributed by atoms with Crippen LogP contribution in [0.1, 0.15) is 19.3 Å². The molecule has 2 aliphatic rings. The van der Waals surface area contributed by atoms with Crippen molar-refractivity contribution in [1.29, 1.82) is 0 Å². The number of pyridine rings is 1. The summed E-state index contributed by atoms with van der Waals surface area (Å²) in [7, 11) is 0. The number of anilines is 1. The fraction of sp³-hybridized carbons (Fsp3) is 0.583. The highest BCUT2D eigenvalue weighted by atomic mass is 79.9. The third kappa shape index (κ3) is 2.71. The molecule has 1 atom stereocenters. The third-order valence-corrected chi connectivity index (χ3v) is 4.31. The highest BCUT2D eigenvalue weighted by Crippen LogP contribution is 2.34. The summed E-state index contributed by atoms with van der Waals surface area (Å²) in [5, 5.41) is 14.3. The summed E-state index contributed by atoms with van der Waals surface area (Å²) in [5.41, 5.74) is 0.571. The van der Waals surface area contributed by atoms with Crippen molar-refractivity contribution in [3.8, 4) is 0 Å². The van der Waals surface area contributed by atoms with Gasteiger partial charge in [0.25, 0.3) is 0 Å². The van der Waals surface area contributed by atoms with E-state index in [1.54, 1.807) is 6.20 Å². The largest absolute Gasteiger partial charge is 0.374 e. The van der Waals surface area contributed by atoms with Crippen molar-refractivity contribution in [3.05, 3.63) is 27.0 Å². The lowest BCUT2D eigenvalue weighted by Crippen LogP contribution is -2.28. The van der Waals surface area contributed by atoms with E-state index in [9.17, 15) is 10.1 Å². The molecule has 1 aromatic heterocycles. The third-order valence-electron chi connectivity index (χ3n) is 3.71. The number of likely N-dealkylation sites (tertiary alicyclic amines) is 1. The molecule has 1 aliphatic carbocycles. The predicted molar refractivity (Wildman–Crippen MR) is 75.2 cm³/mol. The maximum absolute atomic E-state index is 11.0. The summed E-state index contributed by atoms with van der Waals surface area (Å²) < 4.78 is 0.645. The Labute approximate surface area is 119 Å². The van der Waals surface area contributed by atoms with Gasteiger partial charge in [0, 0.05) is 31.4 Å². The van der Waals surface area contributed by atoms with Crippen LogP contribution in [0.2, 0.25) is 0 Å². The summed E-state index contributed by atoms with van der Waals surface area (Å²) in [6, 6.07) is 1.03. The normalized spacial score (nSPS) is 23.5. The van der Waals surface area contributed by atoms with Gasteiger partial charge in [0.05, 0.1) is 9.40 Å². The van der Waals surface area contributed by atoms with Gasteiger partial charge in [-0.1, -0.05) is 0 Å². The number of nitrogens with zero attached hydrogens (tertiary/aromatic N) is 3. The first-order valence-corrected chi connectivity index (χ1v) is 7.23. The van der Waals surface area contributed by atoms with Gasteiger partial charge in [0.1, 0.15) is 11.9 Å². The molecule has 6 nitrogen and oxygen atoms in total. The zero-order valence-corrected chi connectivity index (χ0v) is 12.0. The van der Waals surface area contributed by atoms with Crippen molar-refractivity contribution in [2.45, 2.75) is 31.3 Å². The highest BCUT2D eigenvalue weighted by molar-refractivity contribution is 9.10. The molecule has 1 unspecified atom stereocenters. The van der Waals surface area contributed by atoms with Gasteiger partial charge in [-0.2, -0.15) is 0 Å². The van der Waals surface area contributed by atoms with Crippen LogP contribution >= 0.6 is 15.9 Å². The van der Waals surface area contributed by atoms with Gasteiger partial charge >= 0.3 is 5.69 Å². The van der Waals surface area contributed by atoms with Gasteiger partial charge in [-0.15, -0.1) is 0 Å². The minimum atomic E-state index is -0.395. The van der Waals surface area contributed by atoms with Crippen LogP contribution in [0.5, 0.6) is 0 Å². The quantitative estimate of drug-likeness (QED) is 0.679. The average molecular weight is 327 g/mol. The van der Waals surface area contributed by atoms with Crippen molar-refractivity contribution in [3.63, 3.8) is 0 Å². The van der Waals surface area contributed by atoms with E-state index in [1.807, 2.05) is 0 Å². The molecule has 1 N–H and O–H groups in total. The topological polar surface area (TPSA) is 71.3 Å². The zero-order chi connectivity index (χ0) is 13.4.